The number of benzene rings is 4. The van der Waals surface area contributed by atoms with E-state index < -0.39 is 0 Å². The first-order valence-corrected chi connectivity index (χ1v) is 10.7. The van der Waals surface area contributed by atoms with Gasteiger partial charge in [-0.3, -0.25) is 0 Å². The zero-order valence-corrected chi connectivity index (χ0v) is 17.8. The molecule has 3 heteroatoms. The van der Waals surface area contributed by atoms with E-state index in [-0.39, 0.29) is 0 Å². The molecule has 0 aliphatic heterocycles. The summed E-state index contributed by atoms with van der Waals surface area (Å²) in [6.07, 6.45) is 1.91. The minimum atomic E-state index is 0.903. The van der Waals surface area contributed by atoms with Crippen LogP contribution in [0, 0.1) is 0 Å². The van der Waals surface area contributed by atoms with Crippen molar-refractivity contribution in [2.75, 3.05) is 16.5 Å². The van der Waals surface area contributed by atoms with Crippen LogP contribution in [0.5, 0.6) is 0 Å². The maximum absolute atomic E-state index is 4.79. The third-order valence-corrected chi connectivity index (χ3v) is 5.18. The van der Waals surface area contributed by atoms with E-state index >= 15 is 0 Å². The predicted octanol–water partition coefficient (Wildman–Crippen LogP) is 6.89. The molecular weight excluding hydrogens is 378 g/mol. The van der Waals surface area contributed by atoms with Gasteiger partial charge in [0.15, 0.2) is 0 Å². The van der Waals surface area contributed by atoms with E-state index in [2.05, 4.69) is 90.7 Å². The van der Waals surface area contributed by atoms with Crippen molar-refractivity contribution in [1.29, 1.82) is 0 Å². The Morgan fingerprint density at radius 2 is 1.13 bits per heavy atom. The van der Waals surface area contributed by atoms with Crippen molar-refractivity contribution >= 4 is 23.3 Å². The molecule has 31 heavy (non-hydrogen) atoms. The second kappa shape index (κ2) is 10.3. The van der Waals surface area contributed by atoms with Crippen molar-refractivity contribution in [3.63, 3.8) is 0 Å². The largest absolute Gasteiger partial charge is 0.367 e. The Labute approximate surface area is 184 Å². The monoisotopic (exact) mass is 405 g/mol. The molecule has 4 rings (SSSR count). The summed E-state index contributed by atoms with van der Waals surface area (Å²) >= 11 is 0. The summed E-state index contributed by atoms with van der Waals surface area (Å²) in [5.74, 6) is 0. The van der Waals surface area contributed by atoms with Crippen LogP contribution in [0.4, 0.5) is 17.1 Å². The van der Waals surface area contributed by atoms with Crippen LogP contribution in [-0.4, -0.2) is 12.8 Å². The van der Waals surface area contributed by atoms with Gasteiger partial charge in [-0.15, -0.1) is 0 Å². The molecular formula is C28H27N3. The Morgan fingerprint density at radius 3 is 1.65 bits per heavy atom. The highest BCUT2D eigenvalue weighted by molar-refractivity contribution is 5.82. The lowest BCUT2D eigenvalue weighted by atomic mass is 10.1. The van der Waals surface area contributed by atoms with Crippen LogP contribution in [0.25, 0.3) is 0 Å². The predicted molar refractivity (Wildman–Crippen MR) is 132 cm³/mol. The van der Waals surface area contributed by atoms with E-state index in [0.717, 1.165) is 30.0 Å². The van der Waals surface area contributed by atoms with Crippen molar-refractivity contribution in [1.82, 2.24) is 0 Å². The van der Waals surface area contributed by atoms with Crippen LogP contribution in [0.2, 0.25) is 0 Å². The summed E-state index contributed by atoms with van der Waals surface area (Å²) in [6, 6.07) is 39.6. The quantitative estimate of drug-likeness (QED) is 0.235. The van der Waals surface area contributed by atoms with Gasteiger partial charge in [0, 0.05) is 18.8 Å². The van der Waals surface area contributed by atoms with E-state index in [1.165, 1.54) is 11.3 Å². The van der Waals surface area contributed by atoms with Crippen molar-refractivity contribution in [3.05, 3.63) is 126 Å². The smallest absolute Gasteiger partial charge is 0.0652 e. The van der Waals surface area contributed by atoms with Gasteiger partial charge in [0.25, 0.3) is 0 Å². The van der Waals surface area contributed by atoms with E-state index in [1.807, 2.05) is 47.6 Å². The molecule has 4 aromatic rings. The van der Waals surface area contributed by atoms with Crippen LogP contribution < -0.4 is 9.91 Å². The molecule has 0 spiro atoms. The second-order valence-electron chi connectivity index (χ2n) is 7.32. The van der Waals surface area contributed by atoms with Crippen LogP contribution in [0.3, 0.4) is 0 Å². The zero-order valence-electron chi connectivity index (χ0n) is 17.8. The molecule has 0 aliphatic carbocycles. The molecule has 0 radical (unpaired) electrons. The zero-order chi connectivity index (χ0) is 21.3. The fourth-order valence-corrected chi connectivity index (χ4v) is 3.51. The molecule has 0 saturated heterocycles. The van der Waals surface area contributed by atoms with Crippen molar-refractivity contribution in [2.24, 2.45) is 5.10 Å². The third-order valence-electron chi connectivity index (χ3n) is 5.18. The molecule has 0 aromatic heterocycles. The average Bonchev–Trinajstić information content (AvgIpc) is 2.85. The SMILES string of the molecule is CCN(Cc1ccccc1)c1ccc(/C=N/N(c2ccccc2)c2ccccc2)cc1. The molecule has 4 aromatic carbocycles. The number of anilines is 3. The molecule has 0 fully saturated rings. The van der Waals surface area contributed by atoms with Gasteiger partial charge in [-0.1, -0.05) is 78.9 Å². The summed E-state index contributed by atoms with van der Waals surface area (Å²) in [7, 11) is 0. The van der Waals surface area contributed by atoms with Gasteiger partial charge >= 0.3 is 0 Å². The van der Waals surface area contributed by atoms with E-state index in [0.29, 0.717) is 0 Å². The maximum atomic E-state index is 4.79. The standard InChI is InChI=1S/C28H27N3/c1-2-30(23-25-12-6-3-7-13-25)26-20-18-24(19-21-26)22-29-31(27-14-8-4-9-15-27)28-16-10-5-11-17-28/h3-22H,2,23H2,1H3/b29-22+. The summed E-state index contributed by atoms with van der Waals surface area (Å²) in [5, 5.41) is 6.75. The Kier molecular flexibility index (Phi) is 6.76. The molecule has 3 nitrogen and oxygen atoms in total. The molecule has 0 saturated carbocycles. The van der Waals surface area contributed by atoms with Crippen molar-refractivity contribution in [2.45, 2.75) is 13.5 Å². The van der Waals surface area contributed by atoms with Gasteiger partial charge in [0.05, 0.1) is 17.6 Å². The van der Waals surface area contributed by atoms with Crippen LogP contribution in [-0.2, 0) is 6.54 Å². The highest BCUT2D eigenvalue weighted by Crippen LogP contribution is 2.25. The van der Waals surface area contributed by atoms with Gasteiger partial charge in [-0.2, -0.15) is 5.10 Å². The number of para-hydroxylation sites is 2. The molecule has 0 unspecified atom stereocenters. The van der Waals surface area contributed by atoms with E-state index in [4.69, 9.17) is 5.10 Å². The number of hydrazone groups is 1. The lowest BCUT2D eigenvalue weighted by Crippen LogP contribution is -2.21. The summed E-state index contributed by atoms with van der Waals surface area (Å²) in [4.78, 5) is 2.37. The topological polar surface area (TPSA) is 18.8 Å². The minimum absolute atomic E-state index is 0.903. The van der Waals surface area contributed by atoms with Gasteiger partial charge < -0.3 is 4.90 Å². The highest BCUT2D eigenvalue weighted by atomic mass is 15.5. The highest BCUT2D eigenvalue weighted by Gasteiger charge is 2.07. The molecule has 154 valence electrons. The molecule has 0 atom stereocenters. The van der Waals surface area contributed by atoms with Gasteiger partial charge in [-0.25, -0.2) is 5.01 Å². The number of hydrogen-bond donors (Lipinski definition) is 0. The Hall–Kier alpha value is -3.85. The first-order valence-electron chi connectivity index (χ1n) is 10.7. The average molecular weight is 406 g/mol. The maximum Gasteiger partial charge on any atom is 0.0652 e. The third kappa shape index (κ3) is 5.40. The summed E-state index contributed by atoms with van der Waals surface area (Å²) in [6.45, 7) is 4.05. The second-order valence-corrected chi connectivity index (χ2v) is 7.32. The minimum Gasteiger partial charge on any atom is -0.367 e. The number of hydrogen-bond acceptors (Lipinski definition) is 3. The Balaban J connectivity index is 1.52. The van der Waals surface area contributed by atoms with Gasteiger partial charge in [0.2, 0.25) is 0 Å². The van der Waals surface area contributed by atoms with E-state index in [9.17, 15) is 0 Å². The Bertz CT molecular complexity index is 1040. The van der Waals surface area contributed by atoms with Crippen molar-refractivity contribution < 1.29 is 0 Å². The van der Waals surface area contributed by atoms with Crippen LogP contribution in [0.1, 0.15) is 18.1 Å². The first-order chi connectivity index (χ1) is 15.3. The summed E-state index contributed by atoms with van der Waals surface area (Å²) < 4.78 is 0. The van der Waals surface area contributed by atoms with Crippen LogP contribution in [0.15, 0.2) is 120 Å². The summed E-state index contributed by atoms with van der Waals surface area (Å²) in [5.41, 5.74) is 5.65. The molecule has 0 bridgehead atoms. The molecule has 0 N–H and O–H groups in total. The molecule has 0 heterocycles. The molecule has 0 aliphatic rings. The fourth-order valence-electron chi connectivity index (χ4n) is 3.51. The normalized spacial score (nSPS) is 10.9. The molecule has 0 amide bonds. The number of nitrogens with zero attached hydrogens (tertiary/aromatic N) is 3. The van der Waals surface area contributed by atoms with Crippen molar-refractivity contribution in [3.8, 4) is 0 Å². The van der Waals surface area contributed by atoms with Gasteiger partial charge in [-0.05, 0) is 54.4 Å². The number of rotatable bonds is 8. The lowest BCUT2D eigenvalue weighted by Gasteiger charge is -2.23. The van der Waals surface area contributed by atoms with Crippen LogP contribution >= 0.6 is 0 Å². The Morgan fingerprint density at radius 1 is 0.613 bits per heavy atom. The van der Waals surface area contributed by atoms with E-state index in [1.54, 1.807) is 0 Å². The van der Waals surface area contributed by atoms with Gasteiger partial charge in [0.1, 0.15) is 0 Å². The lowest BCUT2D eigenvalue weighted by molar-refractivity contribution is 0.832. The first kappa shape index (κ1) is 20.4. The fraction of sp³-hybridized carbons (Fsp3) is 0.107.